The van der Waals surface area contributed by atoms with Crippen molar-refractivity contribution in [3.63, 3.8) is 0 Å². The number of nitrogens with zero attached hydrogens (tertiary/aromatic N) is 1. The second-order valence-corrected chi connectivity index (χ2v) is 5.88. The molecule has 2 fully saturated rings. The molecule has 0 aliphatic carbocycles. The summed E-state index contributed by atoms with van der Waals surface area (Å²) in [6, 6.07) is -0.827. The monoisotopic (exact) mass is 257 g/mol. The summed E-state index contributed by atoms with van der Waals surface area (Å²) in [5.41, 5.74) is -0.617. The molecule has 2 aliphatic heterocycles. The van der Waals surface area contributed by atoms with Crippen molar-refractivity contribution >= 4 is 12.1 Å². The number of aliphatic carboxylic acids is 1. The highest BCUT2D eigenvalue weighted by molar-refractivity contribution is 5.81. The molecule has 18 heavy (non-hydrogen) atoms. The SMILES string of the molecule is CC(C)(C)OC(=O)N1C[C@@H]2COC[C@@H]2[C@H]1C(=O)O. The van der Waals surface area contributed by atoms with Crippen LogP contribution in [0.3, 0.4) is 0 Å². The molecule has 0 saturated carbocycles. The third-order valence-electron chi connectivity index (χ3n) is 3.30. The Morgan fingerprint density at radius 2 is 2.00 bits per heavy atom. The van der Waals surface area contributed by atoms with Crippen LogP contribution in [0.15, 0.2) is 0 Å². The lowest BCUT2D eigenvalue weighted by Crippen LogP contribution is -2.46. The van der Waals surface area contributed by atoms with Gasteiger partial charge in [-0.2, -0.15) is 0 Å². The van der Waals surface area contributed by atoms with Crippen LogP contribution in [0.5, 0.6) is 0 Å². The number of fused-ring (bicyclic) bond motifs is 1. The standard InChI is InChI=1S/C12H19NO5/c1-12(2,3)18-11(16)13-4-7-5-17-6-8(7)9(13)10(14)15/h7-9H,4-6H2,1-3H3,(H,14,15)/t7-,8+,9+/m1/s1. The highest BCUT2D eigenvalue weighted by Crippen LogP contribution is 2.35. The van der Waals surface area contributed by atoms with Crippen LogP contribution in [0.1, 0.15) is 20.8 Å². The van der Waals surface area contributed by atoms with Crippen molar-refractivity contribution in [3.05, 3.63) is 0 Å². The van der Waals surface area contributed by atoms with E-state index in [4.69, 9.17) is 9.47 Å². The highest BCUT2D eigenvalue weighted by Gasteiger charge is 2.51. The zero-order chi connectivity index (χ0) is 13.5. The van der Waals surface area contributed by atoms with Crippen molar-refractivity contribution in [1.82, 2.24) is 4.90 Å². The molecular formula is C12H19NO5. The summed E-state index contributed by atoms with van der Waals surface area (Å²) in [4.78, 5) is 24.7. The fraction of sp³-hybridized carbons (Fsp3) is 0.833. The van der Waals surface area contributed by atoms with Gasteiger partial charge >= 0.3 is 12.1 Å². The molecule has 6 nitrogen and oxygen atoms in total. The van der Waals surface area contributed by atoms with Crippen LogP contribution in [-0.2, 0) is 14.3 Å². The molecule has 2 rings (SSSR count). The van der Waals surface area contributed by atoms with E-state index in [0.29, 0.717) is 19.8 Å². The topological polar surface area (TPSA) is 76.1 Å². The van der Waals surface area contributed by atoms with E-state index in [1.807, 2.05) is 0 Å². The van der Waals surface area contributed by atoms with E-state index in [-0.39, 0.29) is 11.8 Å². The van der Waals surface area contributed by atoms with Gasteiger partial charge in [0.05, 0.1) is 13.2 Å². The Hall–Kier alpha value is -1.30. The average molecular weight is 257 g/mol. The zero-order valence-electron chi connectivity index (χ0n) is 10.9. The van der Waals surface area contributed by atoms with Crippen molar-refractivity contribution < 1.29 is 24.2 Å². The third kappa shape index (κ3) is 2.43. The average Bonchev–Trinajstić information content (AvgIpc) is 2.70. The van der Waals surface area contributed by atoms with Gasteiger partial charge in [-0.05, 0) is 20.8 Å². The first-order valence-electron chi connectivity index (χ1n) is 6.10. The Bertz CT molecular complexity index is 362. The van der Waals surface area contributed by atoms with Gasteiger partial charge in [-0.15, -0.1) is 0 Å². The Morgan fingerprint density at radius 3 is 2.56 bits per heavy atom. The highest BCUT2D eigenvalue weighted by atomic mass is 16.6. The summed E-state index contributed by atoms with van der Waals surface area (Å²) >= 11 is 0. The van der Waals surface area contributed by atoms with E-state index < -0.39 is 23.7 Å². The van der Waals surface area contributed by atoms with E-state index >= 15 is 0 Å². The van der Waals surface area contributed by atoms with Crippen LogP contribution in [0.2, 0.25) is 0 Å². The van der Waals surface area contributed by atoms with Crippen LogP contribution in [0.4, 0.5) is 4.79 Å². The van der Waals surface area contributed by atoms with E-state index in [1.165, 1.54) is 4.90 Å². The van der Waals surface area contributed by atoms with Crippen LogP contribution in [0, 0.1) is 11.8 Å². The summed E-state index contributed by atoms with van der Waals surface area (Å²) in [6.07, 6.45) is -0.552. The first kappa shape index (κ1) is 13.1. The predicted octanol–water partition coefficient (Wildman–Crippen LogP) is 0.953. The maximum absolute atomic E-state index is 12.0. The summed E-state index contributed by atoms with van der Waals surface area (Å²) in [5, 5.41) is 9.27. The Balaban J connectivity index is 2.12. The van der Waals surface area contributed by atoms with Crippen molar-refractivity contribution in [2.45, 2.75) is 32.4 Å². The van der Waals surface area contributed by atoms with Crippen molar-refractivity contribution in [2.75, 3.05) is 19.8 Å². The molecule has 0 aromatic heterocycles. The van der Waals surface area contributed by atoms with Gasteiger partial charge in [0.15, 0.2) is 0 Å². The van der Waals surface area contributed by atoms with Crippen LogP contribution in [-0.4, -0.2) is 53.5 Å². The molecule has 102 valence electrons. The molecule has 0 aromatic rings. The smallest absolute Gasteiger partial charge is 0.411 e. The molecular weight excluding hydrogens is 238 g/mol. The first-order valence-corrected chi connectivity index (χ1v) is 6.10. The number of hydrogen-bond donors (Lipinski definition) is 1. The van der Waals surface area contributed by atoms with Gasteiger partial charge < -0.3 is 14.6 Å². The minimum Gasteiger partial charge on any atom is -0.480 e. The third-order valence-corrected chi connectivity index (χ3v) is 3.30. The number of likely N-dealkylation sites (tertiary alicyclic amines) is 1. The number of amides is 1. The van der Waals surface area contributed by atoms with Crippen molar-refractivity contribution in [1.29, 1.82) is 0 Å². The normalized spacial score (nSPS) is 31.3. The minimum absolute atomic E-state index is 0.110. The van der Waals surface area contributed by atoms with Gasteiger partial charge in [0.1, 0.15) is 11.6 Å². The molecule has 0 unspecified atom stereocenters. The van der Waals surface area contributed by atoms with Crippen molar-refractivity contribution in [3.8, 4) is 0 Å². The molecule has 2 saturated heterocycles. The number of rotatable bonds is 1. The second-order valence-electron chi connectivity index (χ2n) is 5.88. The Morgan fingerprint density at radius 1 is 1.33 bits per heavy atom. The summed E-state index contributed by atoms with van der Waals surface area (Å²) < 4.78 is 10.5. The summed E-state index contributed by atoms with van der Waals surface area (Å²) in [5.74, 6) is -0.993. The van der Waals surface area contributed by atoms with E-state index in [2.05, 4.69) is 0 Å². The summed E-state index contributed by atoms with van der Waals surface area (Å²) in [6.45, 7) is 6.62. The fourth-order valence-electron chi connectivity index (χ4n) is 2.57. The molecule has 0 bridgehead atoms. The number of ether oxygens (including phenoxy) is 2. The Labute approximate surface area is 106 Å². The molecule has 2 heterocycles. The molecule has 2 aliphatic rings. The van der Waals surface area contributed by atoms with Crippen LogP contribution >= 0.6 is 0 Å². The molecule has 0 spiro atoms. The van der Waals surface area contributed by atoms with E-state index in [0.717, 1.165) is 0 Å². The second kappa shape index (κ2) is 4.42. The minimum atomic E-state index is -0.987. The Kier molecular flexibility index (Phi) is 3.23. The van der Waals surface area contributed by atoms with Gasteiger partial charge in [-0.1, -0.05) is 0 Å². The lowest BCUT2D eigenvalue weighted by Gasteiger charge is -2.28. The number of hydrogen-bond acceptors (Lipinski definition) is 4. The van der Waals surface area contributed by atoms with Crippen molar-refractivity contribution in [2.24, 2.45) is 11.8 Å². The zero-order valence-corrected chi connectivity index (χ0v) is 10.9. The van der Waals surface area contributed by atoms with Gasteiger partial charge in [-0.25, -0.2) is 9.59 Å². The van der Waals surface area contributed by atoms with E-state index in [9.17, 15) is 14.7 Å². The molecule has 3 atom stereocenters. The largest absolute Gasteiger partial charge is 0.480 e. The maximum Gasteiger partial charge on any atom is 0.411 e. The van der Waals surface area contributed by atoms with Gasteiger partial charge in [0.2, 0.25) is 0 Å². The predicted molar refractivity (Wildman–Crippen MR) is 62.2 cm³/mol. The lowest BCUT2D eigenvalue weighted by atomic mass is 9.94. The molecule has 1 N–H and O–H groups in total. The quantitative estimate of drug-likeness (QED) is 0.757. The number of carboxylic acid groups (broad SMARTS) is 1. The first-order chi connectivity index (χ1) is 8.29. The molecule has 6 heteroatoms. The number of carbonyl (C=O) groups is 2. The number of carboxylic acids is 1. The molecule has 0 aromatic carbocycles. The van der Waals surface area contributed by atoms with Gasteiger partial charge in [-0.3, -0.25) is 4.90 Å². The summed E-state index contributed by atoms with van der Waals surface area (Å²) in [7, 11) is 0. The number of carbonyl (C=O) groups excluding carboxylic acids is 1. The maximum atomic E-state index is 12.0. The fourth-order valence-corrected chi connectivity index (χ4v) is 2.57. The molecule has 0 radical (unpaired) electrons. The van der Waals surface area contributed by atoms with E-state index in [1.54, 1.807) is 20.8 Å². The van der Waals surface area contributed by atoms with Crippen LogP contribution < -0.4 is 0 Å². The van der Waals surface area contributed by atoms with Gasteiger partial charge in [0, 0.05) is 18.4 Å². The van der Waals surface area contributed by atoms with Gasteiger partial charge in [0.25, 0.3) is 0 Å². The van der Waals surface area contributed by atoms with Crippen LogP contribution in [0.25, 0.3) is 0 Å². The lowest BCUT2D eigenvalue weighted by molar-refractivity contribution is -0.143. The molecule has 1 amide bonds.